The van der Waals surface area contributed by atoms with Crippen molar-refractivity contribution in [2.45, 2.75) is 39.2 Å². The quantitative estimate of drug-likeness (QED) is 0.794. The normalized spacial score (nSPS) is 11.2. The molecule has 0 aromatic carbocycles. The number of hydrogen-bond acceptors (Lipinski definition) is 4. The second kappa shape index (κ2) is 4.96. The predicted molar refractivity (Wildman–Crippen MR) is 62.8 cm³/mol. The summed E-state index contributed by atoms with van der Waals surface area (Å²) in [6, 6.07) is 3.59. The fourth-order valence-corrected chi connectivity index (χ4v) is 1.22. The number of carbonyl (C=O) groups excluding carboxylic acids is 1. The molecule has 88 valence electrons. The molecule has 1 rings (SSSR count). The molecule has 1 aromatic heterocycles. The second-order valence-corrected chi connectivity index (χ2v) is 4.68. The molecule has 0 fully saturated rings. The van der Waals surface area contributed by atoms with E-state index in [4.69, 9.17) is 10.5 Å². The highest BCUT2D eigenvalue weighted by molar-refractivity contribution is 5.70. The van der Waals surface area contributed by atoms with E-state index >= 15 is 0 Å². The average Bonchev–Trinajstić information content (AvgIpc) is 2.14. The summed E-state index contributed by atoms with van der Waals surface area (Å²) in [7, 11) is 0. The highest BCUT2D eigenvalue weighted by Gasteiger charge is 2.15. The molecule has 0 radical (unpaired) electrons. The minimum absolute atomic E-state index is 0.190. The Hall–Kier alpha value is -1.58. The number of ether oxygens (including phenoxy) is 1. The van der Waals surface area contributed by atoms with E-state index in [9.17, 15) is 4.79 Å². The van der Waals surface area contributed by atoms with Crippen LogP contribution in [0.3, 0.4) is 0 Å². The van der Waals surface area contributed by atoms with Gasteiger partial charge in [-0.05, 0) is 38.8 Å². The van der Waals surface area contributed by atoms with Crippen molar-refractivity contribution in [2.24, 2.45) is 0 Å². The topological polar surface area (TPSA) is 65.2 Å². The molecule has 0 bridgehead atoms. The number of hydrogen-bond donors (Lipinski definition) is 1. The number of carbonyl (C=O) groups is 1. The highest BCUT2D eigenvalue weighted by Crippen LogP contribution is 2.10. The zero-order valence-corrected chi connectivity index (χ0v) is 9.99. The van der Waals surface area contributed by atoms with Gasteiger partial charge in [0.05, 0.1) is 0 Å². The standard InChI is InChI=1S/C12H18N2O2/c1-12(2,3)16-11(15)7-5-9-4-6-10(13)14-8-9/h4,6,8H,5,7H2,1-3H3,(H2,13,14). The molecule has 0 aliphatic carbocycles. The number of rotatable bonds is 3. The highest BCUT2D eigenvalue weighted by atomic mass is 16.6. The van der Waals surface area contributed by atoms with E-state index in [1.54, 1.807) is 12.3 Å². The van der Waals surface area contributed by atoms with Crippen molar-refractivity contribution in [3.8, 4) is 0 Å². The number of aryl methyl sites for hydroxylation is 1. The SMILES string of the molecule is CC(C)(C)OC(=O)CCc1ccc(N)nc1. The fourth-order valence-electron chi connectivity index (χ4n) is 1.22. The number of nitrogen functional groups attached to an aromatic ring is 1. The first-order chi connectivity index (χ1) is 7.37. The molecule has 1 aromatic rings. The Labute approximate surface area is 95.8 Å². The van der Waals surface area contributed by atoms with E-state index < -0.39 is 5.60 Å². The molecule has 4 heteroatoms. The number of nitrogens with zero attached hydrogens (tertiary/aromatic N) is 1. The maximum absolute atomic E-state index is 11.4. The van der Waals surface area contributed by atoms with E-state index in [1.165, 1.54) is 0 Å². The van der Waals surface area contributed by atoms with Gasteiger partial charge in [0.15, 0.2) is 0 Å². The number of esters is 1. The molecule has 0 aliphatic heterocycles. The van der Waals surface area contributed by atoms with Crippen molar-refractivity contribution in [3.63, 3.8) is 0 Å². The van der Waals surface area contributed by atoms with Crippen LogP contribution >= 0.6 is 0 Å². The van der Waals surface area contributed by atoms with Gasteiger partial charge in [-0.2, -0.15) is 0 Å². The molecule has 0 saturated heterocycles. The Morgan fingerprint density at radius 1 is 1.44 bits per heavy atom. The lowest BCUT2D eigenvalue weighted by atomic mass is 10.1. The average molecular weight is 222 g/mol. The van der Waals surface area contributed by atoms with Crippen molar-refractivity contribution >= 4 is 11.8 Å². The first-order valence-electron chi connectivity index (χ1n) is 5.29. The Bertz CT molecular complexity index is 352. The second-order valence-electron chi connectivity index (χ2n) is 4.68. The lowest BCUT2D eigenvalue weighted by Crippen LogP contribution is -2.24. The summed E-state index contributed by atoms with van der Waals surface area (Å²) in [6.07, 6.45) is 2.67. The van der Waals surface area contributed by atoms with Crippen LogP contribution < -0.4 is 5.73 Å². The van der Waals surface area contributed by atoms with E-state index in [0.29, 0.717) is 18.7 Å². The van der Waals surface area contributed by atoms with Crippen LogP contribution in [0.1, 0.15) is 32.8 Å². The predicted octanol–water partition coefficient (Wildman–Crippen LogP) is 1.94. The smallest absolute Gasteiger partial charge is 0.306 e. The first kappa shape index (κ1) is 12.5. The fraction of sp³-hybridized carbons (Fsp3) is 0.500. The molecule has 4 nitrogen and oxygen atoms in total. The number of aromatic nitrogens is 1. The van der Waals surface area contributed by atoms with Gasteiger partial charge >= 0.3 is 5.97 Å². The molecule has 1 heterocycles. The largest absolute Gasteiger partial charge is 0.460 e. The molecule has 0 spiro atoms. The van der Waals surface area contributed by atoms with Gasteiger partial charge in [-0.15, -0.1) is 0 Å². The molecule has 0 aliphatic rings. The number of pyridine rings is 1. The van der Waals surface area contributed by atoms with Crippen molar-refractivity contribution in [1.82, 2.24) is 4.98 Å². The van der Waals surface area contributed by atoms with Crippen LogP contribution in [-0.2, 0) is 16.0 Å². The van der Waals surface area contributed by atoms with Gasteiger partial charge in [-0.3, -0.25) is 4.79 Å². The summed E-state index contributed by atoms with van der Waals surface area (Å²) in [5.41, 5.74) is 6.03. The number of nitrogens with two attached hydrogens (primary N) is 1. The molecule has 0 amide bonds. The van der Waals surface area contributed by atoms with Crippen LogP contribution in [0.2, 0.25) is 0 Å². The molecular weight excluding hydrogens is 204 g/mol. The van der Waals surface area contributed by atoms with Gasteiger partial charge in [0.25, 0.3) is 0 Å². The lowest BCUT2D eigenvalue weighted by Gasteiger charge is -2.19. The summed E-state index contributed by atoms with van der Waals surface area (Å²) < 4.78 is 5.20. The monoisotopic (exact) mass is 222 g/mol. The van der Waals surface area contributed by atoms with Crippen molar-refractivity contribution in [3.05, 3.63) is 23.9 Å². The zero-order chi connectivity index (χ0) is 12.2. The summed E-state index contributed by atoms with van der Waals surface area (Å²) >= 11 is 0. The third-order valence-electron chi connectivity index (χ3n) is 1.89. The van der Waals surface area contributed by atoms with Gasteiger partial charge in [0.1, 0.15) is 11.4 Å². The molecule has 0 atom stereocenters. The molecule has 0 saturated carbocycles. The molecule has 2 N–H and O–H groups in total. The lowest BCUT2D eigenvalue weighted by molar-refractivity contribution is -0.154. The Kier molecular flexibility index (Phi) is 3.88. The first-order valence-corrected chi connectivity index (χ1v) is 5.29. The van der Waals surface area contributed by atoms with Crippen LogP contribution in [0.4, 0.5) is 5.82 Å². The minimum Gasteiger partial charge on any atom is -0.460 e. The minimum atomic E-state index is -0.420. The number of anilines is 1. The van der Waals surface area contributed by atoms with E-state index in [0.717, 1.165) is 5.56 Å². The van der Waals surface area contributed by atoms with Crippen LogP contribution in [0.15, 0.2) is 18.3 Å². The van der Waals surface area contributed by atoms with Crippen molar-refractivity contribution in [1.29, 1.82) is 0 Å². The van der Waals surface area contributed by atoms with Gasteiger partial charge in [-0.25, -0.2) is 4.98 Å². The summed E-state index contributed by atoms with van der Waals surface area (Å²) in [4.78, 5) is 15.4. The molecule has 0 unspecified atom stereocenters. The van der Waals surface area contributed by atoms with Gasteiger partial charge in [0.2, 0.25) is 0 Å². The maximum atomic E-state index is 11.4. The van der Waals surface area contributed by atoms with Gasteiger partial charge < -0.3 is 10.5 Å². The van der Waals surface area contributed by atoms with Crippen molar-refractivity contribution < 1.29 is 9.53 Å². The van der Waals surface area contributed by atoms with Crippen LogP contribution in [0.5, 0.6) is 0 Å². The maximum Gasteiger partial charge on any atom is 0.306 e. The van der Waals surface area contributed by atoms with E-state index in [-0.39, 0.29) is 5.97 Å². The van der Waals surface area contributed by atoms with E-state index in [1.807, 2.05) is 26.8 Å². The van der Waals surface area contributed by atoms with Gasteiger partial charge in [0, 0.05) is 12.6 Å². The zero-order valence-electron chi connectivity index (χ0n) is 9.99. The Balaban J connectivity index is 2.40. The Morgan fingerprint density at radius 3 is 2.62 bits per heavy atom. The third kappa shape index (κ3) is 4.77. The van der Waals surface area contributed by atoms with Crippen LogP contribution in [-0.4, -0.2) is 16.6 Å². The summed E-state index contributed by atoms with van der Waals surface area (Å²) in [5.74, 6) is 0.297. The summed E-state index contributed by atoms with van der Waals surface area (Å²) in [5, 5.41) is 0. The van der Waals surface area contributed by atoms with Crippen molar-refractivity contribution in [2.75, 3.05) is 5.73 Å². The Morgan fingerprint density at radius 2 is 2.12 bits per heavy atom. The molecule has 16 heavy (non-hydrogen) atoms. The third-order valence-corrected chi connectivity index (χ3v) is 1.89. The van der Waals surface area contributed by atoms with E-state index in [2.05, 4.69) is 4.98 Å². The van der Waals surface area contributed by atoms with Crippen LogP contribution in [0.25, 0.3) is 0 Å². The summed E-state index contributed by atoms with van der Waals surface area (Å²) in [6.45, 7) is 5.57. The van der Waals surface area contributed by atoms with Gasteiger partial charge in [-0.1, -0.05) is 6.07 Å². The van der Waals surface area contributed by atoms with Crippen LogP contribution in [0, 0.1) is 0 Å². The molecular formula is C12H18N2O2.